The third-order valence-electron chi connectivity index (χ3n) is 3.35. The fraction of sp³-hybridized carbons (Fsp3) is 1.00. The van der Waals surface area contributed by atoms with Gasteiger partial charge in [-0.3, -0.25) is 0 Å². The molecule has 1 aliphatic carbocycles. The fourth-order valence-corrected chi connectivity index (χ4v) is 2.26. The van der Waals surface area contributed by atoms with E-state index >= 15 is 0 Å². The van der Waals surface area contributed by atoms with Gasteiger partial charge in [0.1, 0.15) is 0 Å². The minimum absolute atomic E-state index is 0. The third kappa shape index (κ3) is 2.33. The Bertz CT molecular complexity index is 166. The second-order valence-corrected chi connectivity index (χ2v) is 4.52. The number of rotatable bonds is 1. The molecule has 1 heterocycles. The normalized spacial score (nSPS) is 27.0. The Labute approximate surface area is 95.1 Å². The quantitative estimate of drug-likeness (QED) is 0.705. The predicted octanol–water partition coefficient (Wildman–Crippen LogP) is 2.00. The van der Waals surface area contributed by atoms with Crippen LogP contribution in [0.25, 0.3) is 5.32 Å². The van der Waals surface area contributed by atoms with Gasteiger partial charge in [-0.15, -0.1) is 12.1 Å². The first-order chi connectivity index (χ1) is 5.72. The molecule has 0 bridgehead atoms. The summed E-state index contributed by atoms with van der Waals surface area (Å²) in [5, 5.41) is 4.76. The van der Waals surface area contributed by atoms with E-state index in [9.17, 15) is 0 Å². The topological polar surface area (TPSA) is 17.3 Å². The molecule has 77 valence electrons. The van der Waals surface area contributed by atoms with E-state index in [1.54, 1.807) is 0 Å². The van der Waals surface area contributed by atoms with Crippen molar-refractivity contribution in [2.24, 2.45) is 0 Å². The Balaban J connectivity index is 0.000000845. The van der Waals surface area contributed by atoms with E-state index in [2.05, 4.69) is 18.7 Å². The maximum absolute atomic E-state index is 4.76. The van der Waals surface area contributed by atoms with Crippen molar-refractivity contribution in [3.8, 4) is 0 Å². The van der Waals surface area contributed by atoms with E-state index in [1.165, 1.54) is 32.4 Å². The molecule has 1 saturated carbocycles. The molecule has 0 aromatic heterocycles. The van der Waals surface area contributed by atoms with Crippen LogP contribution in [0.5, 0.6) is 0 Å². The van der Waals surface area contributed by atoms with Crippen LogP contribution in [0.1, 0.15) is 33.1 Å². The molecule has 3 heteroatoms. The molecule has 1 aliphatic heterocycles. The first-order valence-electron chi connectivity index (χ1n) is 5.15. The van der Waals surface area contributed by atoms with E-state index in [4.69, 9.17) is 5.32 Å². The van der Waals surface area contributed by atoms with Crippen LogP contribution in [0.3, 0.4) is 0 Å². The fourth-order valence-electron chi connectivity index (χ4n) is 2.26. The van der Waals surface area contributed by atoms with Gasteiger partial charge < -0.3 is 10.2 Å². The van der Waals surface area contributed by atoms with Gasteiger partial charge in [-0.1, -0.05) is 19.3 Å². The van der Waals surface area contributed by atoms with Crippen molar-refractivity contribution in [2.45, 2.75) is 44.7 Å². The molecule has 13 heavy (non-hydrogen) atoms. The van der Waals surface area contributed by atoms with Crippen LogP contribution in [-0.2, 0) is 20.4 Å². The minimum atomic E-state index is 0. The molecule has 0 aromatic rings. The standard InChI is InChI=1S/C10H19N2.Re/c1-9(2)12-7-6-11-10(8-12)4-3-5-10;/h9H,3-8H2,1-2H3;/q-1;. The maximum atomic E-state index is 4.76. The summed E-state index contributed by atoms with van der Waals surface area (Å²) in [6.45, 7) is 8.05. The zero-order chi connectivity index (χ0) is 8.60. The zero-order valence-electron chi connectivity index (χ0n) is 8.59. The largest absolute Gasteiger partial charge is 0.655 e. The first-order valence-corrected chi connectivity index (χ1v) is 5.15. The molecule has 0 atom stereocenters. The summed E-state index contributed by atoms with van der Waals surface area (Å²) in [6.07, 6.45) is 4.09. The van der Waals surface area contributed by atoms with Gasteiger partial charge in [0, 0.05) is 26.5 Å². The van der Waals surface area contributed by atoms with Crippen molar-refractivity contribution >= 4 is 0 Å². The van der Waals surface area contributed by atoms with E-state index < -0.39 is 0 Å². The van der Waals surface area contributed by atoms with Crippen molar-refractivity contribution in [1.29, 1.82) is 0 Å². The molecule has 0 unspecified atom stereocenters. The number of piperazine rings is 1. The second-order valence-electron chi connectivity index (χ2n) is 4.52. The predicted molar refractivity (Wildman–Crippen MR) is 51.5 cm³/mol. The molecule has 0 N–H and O–H groups in total. The van der Waals surface area contributed by atoms with Crippen LogP contribution < -0.4 is 0 Å². The minimum Gasteiger partial charge on any atom is -0.655 e. The summed E-state index contributed by atoms with van der Waals surface area (Å²) >= 11 is 0. The number of nitrogens with zero attached hydrogens (tertiary/aromatic N) is 2. The van der Waals surface area contributed by atoms with Crippen LogP contribution in [0.4, 0.5) is 0 Å². The summed E-state index contributed by atoms with van der Waals surface area (Å²) in [5.41, 5.74) is 0.405. The van der Waals surface area contributed by atoms with Crippen molar-refractivity contribution in [3.63, 3.8) is 0 Å². The molecule has 1 saturated heterocycles. The average Bonchev–Trinajstić information content (AvgIpc) is 2.02. The van der Waals surface area contributed by atoms with E-state index in [-0.39, 0.29) is 20.4 Å². The van der Waals surface area contributed by atoms with E-state index in [0.717, 1.165) is 6.54 Å². The summed E-state index contributed by atoms with van der Waals surface area (Å²) in [6, 6.07) is 0.706. The third-order valence-corrected chi connectivity index (χ3v) is 3.35. The Morgan fingerprint density at radius 3 is 2.46 bits per heavy atom. The van der Waals surface area contributed by atoms with Crippen LogP contribution in [0.15, 0.2) is 0 Å². The first kappa shape index (κ1) is 11.7. The number of hydrogen-bond donors (Lipinski definition) is 0. The van der Waals surface area contributed by atoms with Gasteiger partial charge in [0.15, 0.2) is 0 Å². The molecule has 2 rings (SSSR count). The van der Waals surface area contributed by atoms with Crippen molar-refractivity contribution < 1.29 is 20.4 Å². The van der Waals surface area contributed by atoms with Gasteiger partial charge in [0.2, 0.25) is 0 Å². The second kappa shape index (κ2) is 4.40. The maximum Gasteiger partial charge on any atom is 0.00373 e. The summed E-state index contributed by atoms with van der Waals surface area (Å²) < 4.78 is 0. The molecular formula is C10H19N2Re-. The molecule has 2 aliphatic rings. The Morgan fingerprint density at radius 2 is 2.00 bits per heavy atom. The average molecular weight is 353 g/mol. The smallest absolute Gasteiger partial charge is 0.00373 e. The Kier molecular flexibility index (Phi) is 3.95. The molecule has 2 fully saturated rings. The zero-order valence-corrected chi connectivity index (χ0v) is 11.3. The van der Waals surface area contributed by atoms with Gasteiger partial charge in [-0.05, 0) is 26.9 Å². The molecule has 1 radical (unpaired) electrons. The summed E-state index contributed by atoms with van der Waals surface area (Å²) in [7, 11) is 0. The number of hydrogen-bond acceptors (Lipinski definition) is 1. The summed E-state index contributed by atoms with van der Waals surface area (Å²) in [5.74, 6) is 0. The van der Waals surface area contributed by atoms with Crippen LogP contribution in [0, 0.1) is 0 Å². The monoisotopic (exact) mass is 354 g/mol. The molecule has 1 spiro atoms. The van der Waals surface area contributed by atoms with Crippen LogP contribution in [-0.4, -0.2) is 36.1 Å². The SMILES string of the molecule is CC(C)N1CC[N-]C2(CCC2)C1.[Re]. The van der Waals surface area contributed by atoms with Gasteiger partial charge in [-0.2, -0.15) is 0 Å². The van der Waals surface area contributed by atoms with Crippen molar-refractivity contribution in [1.82, 2.24) is 4.90 Å². The van der Waals surface area contributed by atoms with Gasteiger partial charge >= 0.3 is 0 Å². The van der Waals surface area contributed by atoms with E-state index in [0.29, 0.717) is 11.6 Å². The van der Waals surface area contributed by atoms with Crippen molar-refractivity contribution in [2.75, 3.05) is 19.6 Å². The van der Waals surface area contributed by atoms with E-state index in [1.807, 2.05) is 0 Å². The van der Waals surface area contributed by atoms with Crippen LogP contribution >= 0.6 is 0 Å². The Morgan fingerprint density at radius 1 is 1.31 bits per heavy atom. The molecule has 0 aromatic carbocycles. The molecular weight excluding hydrogens is 334 g/mol. The van der Waals surface area contributed by atoms with Crippen molar-refractivity contribution in [3.05, 3.63) is 5.32 Å². The van der Waals surface area contributed by atoms with Gasteiger partial charge in [0.25, 0.3) is 0 Å². The summed E-state index contributed by atoms with van der Waals surface area (Å²) in [4.78, 5) is 2.58. The molecule has 2 nitrogen and oxygen atoms in total. The Hall–Kier alpha value is 0.582. The van der Waals surface area contributed by atoms with Crippen LogP contribution in [0.2, 0.25) is 0 Å². The van der Waals surface area contributed by atoms with Gasteiger partial charge in [-0.25, -0.2) is 0 Å². The van der Waals surface area contributed by atoms with Gasteiger partial charge in [0.05, 0.1) is 0 Å². The molecule has 0 amide bonds.